The monoisotopic (exact) mass is 355 g/mol. The van der Waals surface area contributed by atoms with Crippen molar-refractivity contribution in [1.82, 2.24) is 10.3 Å². The SMILES string of the molecule is CCC1C(NCc2ccccc2)CC(c2ccncc2[N+](=O)[O-])OC1C. The smallest absolute Gasteiger partial charge is 0.293 e. The van der Waals surface area contributed by atoms with E-state index in [-0.39, 0.29) is 28.9 Å². The Kier molecular flexibility index (Phi) is 5.96. The highest BCUT2D eigenvalue weighted by Crippen LogP contribution is 2.39. The third-order valence-electron chi connectivity index (χ3n) is 5.23. The van der Waals surface area contributed by atoms with Gasteiger partial charge in [-0.1, -0.05) is 37.3 Å². The topological polar surface area (TPSA) is 77.3 Å². The first-order valence-corrected chi connectivity index (χ1v) is 9.11. The maximum absolute atomic E-state index is 11.4. The van der Waals surface area contributed by atoms with Crippen molar-refractivity contribution in [3.05, 3.63) is 70.0 Å². The van der Waals surface area contributed by atoms with E-state index in [2.05, 4.69) is 36.3 Å². The van der Waals surface area contributed by atoms with Gasteiger partial charge in [-0.2, -0.15) is 0 Å². The minimum absolute atomic E-state index is 0.0276. The van der Waals surface area contributed by atoms with Crippen molar-refractivity contribution >= 4 is 5.69 Å². The third kappa shape index (κ3) is 4.08. The van der Waals surface area contributed by atoms with E-state index in [1.807, 2.05) is 18.2 Å². The highest BCUT2D eigenvalue weighted by Gasteiger charge is 2.37. The normalized spacial score (nSPS) is 25.8. The molecule has 6 nitrogen and oxygen atoms in total. The summed E-state index contributed by atoms with van der Waals surface area (Å²) in [5, 5.41) is 15.0. The Morgan fingerprint density at radius 3 is 2.77 bits per heavy atom. The molecule has 0 bridgehead atoms. The van der Waals surface area contributed by atoms with Crippen LogP contribution in [-0.4, -0.2) is 22.1 Å². The molecule has 4 unspecified atom stereocenters. The van der Waals surface area contributed by atoms with E-state index in [0.717, 1.165) is 13.0 Å². The Bertz CT molecular complexity index is 738. The van der Waals surface area contributed by atoms with E-state index >= 15 is 0 Å². The molecule has 1 aliphatic heterocycles. The lowest BCUT2D eigenvalue weighted by atomic mass is 9.83. The second kappa shape index (κ2) is 8.38. The van der Waals surface area contributed by atoms with E-state index in [4.69, 9.17) is 4.74 Å². The van der Waals surface area contributed by atoms with Gasteiger partial charge in [0.05, 0.1) is 22.7 Å². The molecule has 1 fully saturated rings. The van der Waals surface area contributed by atoms with Crippen molar-refractivity contribution in [1.29, 1.82) is 0 Å². The zero-order valence-corrected chi connectivity index (χ0v) is 15.2. The molecule has 0 saturated carbocycles. The first kappa shape index (κ1) is 18.5. The summed E-state index contributed by atoms with van der Waals surface area (Å²) >= 11 is 0. The second-order valence-corrected chi connectivity index (χ2v) is 6.80. The number of hydrogen-bond donors (Lipinski definition) is 1. The number of hydrogen-bond acceptors (Lipinski definition) is 5. The summed E-state index contributed by atoms with van der Waals surface area (Å²) in [7, 11) is 0. The minimum Gasteiger partial charge on any atom is -0.370 e. The van der Waals surface area contributed by atoms with E-state index in [0.29, 0.717) is 17.9 Å². The Balaban J connectivity index is 1.79. The Labute approximate surface area is 153 Å². The van der Waals surface area contributed by atoms with Gasteiger partial charge in [-0.25, -0.2) is 0 Å². The maximum atomic E-state index is 11.4. The van der Waals surface area contributed by atoms with Gasteiger partial charge in [0.15, 0.2) is 0 Å². The molecule has 0 aliphatic carbocycles. The van der Waals surface area contributed by atoms with Gasteiger partial charge in [0, 0.05) is 24.7 Å². The largest absolute Gasteiger partial charge is 0.370 e. The number of rotatable bonds is 6. The molecule has 1 aliphatic rings. The van der Waals surface area contributed by atoms with Crippen LogP contribution in [-0.2, 0) is 11.3 Å². The average molecular weight is 355 g/mol. The van der Waals surface area contributed by atoms with Crippen LogP contribution in [0.15, 0.2) is 48.8 Å². The molecule has 1 saturated heterocycles. The fourth-order valence-electron chi connectivity index (χ4n) is 3.87. The van der Waals surface area contributed by atoms with E-state index in [9.17, 15) is 10.1 Å². The van der Waals surface area contributed by atoms with Crippen LogP contribution in [0.3, 0.4) is 0 Å². The molecule has 0 spiro atoms. The lowest BCUT2D eigenvalue weighted by Gasteiger charge is -2.41. The maximum Gasteiger partial charge on any atom is 0.293 e. The summed E-state index contributed by atoms with van der Waals surface area (Å²) < 4.78 is 6.18. The number of nitrogens with zero attached hydrogens (tertiary/aromatic N) is 2. The molecule has 0 radical (unpaired) electrons. The van der Waals surface area contributed by atoms with Gasteiger partial charge < -0.3 is 10.1 Å². The third-order valence-corrected chi connectivity index (χ3v) is 5.23. The first-order valence-electron chi connectivity index (χ1n) is 9.11. The van der Waals surface area contributed by atoms with Crippen molar-refractivity contribution < 1.29 is 9.66 Å². The first-order chi connectivity index (χ1) is 12.6. The number of ether oxygens (including phenoxy) is 1. The van der Waals surface area contributed by atoms with E-state index in [1.54, 1.807) is 12.3 Å². The molecule has 3 rings (SSSR count). The summed E-state index contributed by atoms with van der Waals surface area (Å²) in [5.41, 5.74) is 1.87. The van der Waals surface area contributed by atoms with Crippen molar-refractivity contribution in [2.24, 2.45) is 5.92 Å². The predicted molar refractivity (Wildman–Crippen MR) is 99.6 cm³/mol. The summed E-state index contributed by atoms with van der Waals surface area (Å²) in [6.07, 6.45) is 4.33. The van der Waals surface area contributed by atoms with Crippen LogP contribution in [0.5, 0.6) is 0 Å². The molecule has 138 valence electrons. The van der Waals surface area contributed by atoms with E-state index in [1.165, 1.54) is 11.8 Å². The van der Waals surface area contributed by atoms with Crippen molar-refractivity contribution in [3.8, 4) is 0 Å². The summed E-state index contributed by atoms with van der Waals surface area (Å²) in [6.45, 7) is 5.00. The molecule has 1 aromatic heterocycles. The van der Waals surface area contributed by atoms with Crippen LogP contribution < -0.4 is 5.32 Å². The van der Waals surface area contributed by atoms with Gasteiger partial charge in [0.2, 0.25) is 0 Å². The Morgan fingerprint density at radius 2 is 2.08 bits per heavy atom. The Hall–Kier alpha value is -2.31. The van der Waals surface area contributed by atoms with Gasteiger partial charge in [-0.3, -0.25) is 15.1 Å². The van der Waals surface area contributed by atoms with Crippen LogP contribution in [0.4, 0.5) is 5.69 Å². The van der Waals surface area contributed by atoms with Gasteiger partial charge in [0.1, 0.15) is 6.20 Å². The van der Waals surface area contributed by atoms with Crippen molar-refractivity contribution in [3.63, 3.8) is 0 Å². The molecule has 2 aromatic rings. The molecular weight excluding hydrogens is 330 g/mol. The number of aromatic nitrogens is 1. The predicted octanol–water partition coefficient (Wildman–Crippen LogP) is 4.02. The van der Waals surface area contributed by atoms with Crippen LogP contribution in [0.25, 0.3) is 0 Å². The van der Waals surface area contributed by atoms with Crippen molar-refractivity contribution in [2.75, 3.05) is 0 Å². The van der Waals surface area contributed by atoms with Crippen LogP contribution >= 0.6 is 0 Å². The lowest BCUT2D eigenvalue weighted by molar-refractivity contribution is -0.386. The number of nitrogens with one attached hydrogen (secondary N) is 1. The van der Waals surface area contributed by atoms with Gasteiger partial charge in [-0.05, 0) is 31.4 Å². The quantitative estimate of drug-likeness (QED) is 0.625. The van der Waals surface area contributed by atoms with Crippen LogP contribution in [0.2, 0.25) is 0 Å². The minimum atomic E-state index is -0.380. The van der Waals surface area contributed by atoms with Gasteiger partial charge >= 0.3 is 0 Å². The zero-order valence-electron chi connectivity index (χ0n) is 15.2. The van der Waals surface area contributed by atoms with Crippen LogP contribution in [0, 0.1) is 16.0 Å². The second-order valence-electron chi connectivity index (χ2n) is 6.80. The fourth-order valence-corrected chi connectivity index (χ4v) is 3.87. The van der Waals surface area contributed by atoms with Crippen molar-refractivity contribution in [2.45, 2.75) is 51.5 Å². The molecule has 4 atom stereocenters. The van der Waals surface area contributed by atoms with Gasteiger partial charge in [0.25, 0.3) is 5.69 Å². The highest BCUT2D eigenvalue weighted by molar-refractivity contribution is 5.39. The summed E-state index contributed by atoms with van der Waals surface area (Å²) in [6, 6.07) is 12.2. The lowest BCUT2D eigenvalue weighted by Crippen LogP contribution is -2.47. The fraction of sp³-hybridized carbons (Fsp3) is 0.450. The highest BCUT2D eigenvalue weighted by atomic mass is 16.6. The molecule has 26 heavy (non-hydrogen) atoms. The molecule has 1 N–H and O–H groups in total. The number of nitro groups is 1. The molecule has 6 heteroatoms. The van der Waals surface area contributed by atoms with Crippen LogP contribution in [0.1, 0.15) is 43.9 Å². The summed E-state index contributed by atoms with van der Waals surface area (Å²) in [4.78, 5) is 14.9. The molecule has 0 amide bonds. The number of pyridine rings is 1. The molecule has 2 heterocycles. The van der Waals surface area contributed by atoms with Gasteiger partial charge in [-0.15, -0.1) is 0 Å². The standard InChI is InChI=1S/C20H25N3O3/c1-3-16-14(2)26-20(17-9-10-21-13-19(17)23(24)25)11-18(16)22-12-15-7-5-4-6-8-15/h4-10,13-14,16,18,20,22H,3,11-12H2,1-2H3. The zero-order chi connectivity index (χ0) is 18.5. The van der Waals surface area contributed by atoms with E-state index < -0.39 is 0 Å². The molecule has 1 aromatic carbocycles. The molecular formula is C20H25N3O3. The average Bonchev–Trinajstić information content (AvgIpc) is 2.66. The number of benzene rings is 1. The Morgan fingerprint density at radius 1 is 1.31 bits per heavy atom. The summed E-state index contributed by atoms with van der Waals surface area (Å²) in [5.74, 6) is 0.371.